The fraction of sp³-hybridized carbons (Fsp3) is 0.222. The molecule has 1 heterocycles. The molecule has 0 fully saturated rings. The molecule has 1 rings (SSSR count). The Hall–Kier alpha value is -1.95. The van der Waals surface area contributed by atoms with Crippen LogP contribution in [-0.2, 0) is 11.2 Å². The van der Waals surface area contributed by atoms with Crippen LogP contribution in [0.2, 0.25) is 0 Å². The summed E-state index contributed by atoms with van der Waals surface area (Å²) >= 11 is 0. The Balaban J connectivity index is 2.72. The van der Waals surface area contributed by atoms with Crippen LogP contribution in [-0.4, -0.2) is 28.0 Å². The van der Waals surface area contributed by atoms with Gasteiger partial charge in [-0.25, -0.2) is 0 Å². The number of amides is 1. The molecule has 0 bridgehead atoms. The van der Waals surface area contributed by atoms with Crippen LogP contribution in [0.25, 0.3) is 0 Å². The second-order valence-corrected chi connectivity index (χ2v) is 3.06. The second-order valence-electron chi connectivity index (χ2n) is 3.06. The van der Waals surface area contributed by atoms with Crippen molar-refractivity contribution in [3.05, 3.63) is 29.6 Å². The van der Waals surface area contributed by atoms with Gasteiger partial charge in [0.1, 0.15) is 11.7 Å². The number of carbonyl (C=O) groups excluding carboxylic acids is 1. The molecule has 5 N–H and O–H groups in total. The maximum atomic E-state index is 10.7. The fourth-order valence-corrected chi connectivity index (χ4v) is 1.03. The number of rotatable bonds is 4. The van der Waals surface area contributed by atoms with Gasteiger partial charge in [0.2, 0.25) is 0 Å². The first kappa shape index (κ1) is 11.1. The maximum Gasteiger partial charge on any atom is 0.320 e. The van der Waals surface area contributed by atoms with Crippen molar-refractivity contribution < 1.29 is 14.7 Å². The van der Waals surface area contributed by atoms with Gasteiger partial charge in [-0.15, -0.1) is 0 Å². The molecule has 1 aromatic heterocycles. The van der Waals surface area contributed by atoms with Gasteiger partial charge in [0.25, 0.3) is 5.91 Å². The quantitative estimate of drug-likeness (QED) is 0.595. The Morgan fingerprint density at radius 2 is 2.13 bits per heavy atom. The van der Waals surface area contributed by atoms with E-state index in [4.69, 9.17) is 16.6 Å². The van der Waals surface area contributed by atoms with Crippen LogP contribution in [0.5, 0.6) is 0 Å². The lowest BCUT2D eigenvalue weighted by molar-refractivity contribution is -0.138. The van der Waals surface area contributed by atoms with E-state index < -0.39 is 17.9 Å². The standard InChI is InChI=1S/C9H11N3O3/c10-6(9(14)15)3-5-1-2-7(8(11)13)12-4-5/h1-2,4,6H,3,10H2,(H2,11,13)(H,14,15). The smallest absolute Gasteiger partial charge is 0.320 e. The number of aliphatic carboxylic acids is 1. The van der Waals surface area contributed by atoms with Gasteiger partial charge < -0.3 is 16.6 Å². The number of primary amides is 1. The van der Waals surface area contributed by atoms with Crippen LogP contribution in [0.1, 0.15) is 16.1 Å². The number of carboxylic acids is 1. The predicted octanol–water partition coefficient (Wildman–Crippen LogP) is -0.865. The maximum absolute atomic E-state index is 10.7. The van der Waals surface area contributed by atoms with Gasteiger partial charge in [-0.2, -0.15) is 0 Å². The molecule has 1 aromatic rings. The van der Waals surface area contributed by atoms with E-state index in [1.807, 2.05) is 0 Å². The number of pyridine rings is 1. The van der Waals surface area contributed by atoms with Crippen LogP contribution in [0.15, 0.2) is 18.3 Å². The first-order valence-electron chi connectivity index (χ1n) is 4.24. The number of hydrogen-bond acceptors (Lipinski definition) is 4. The minimum Gasteiger partial charge on any atom is -0.480 e. The molecule has 0 saturated heterocycles. The lowest BCUT2D eigenvalue weighted by atomic mass is 10.1. The molecule has 0 spiro atoms. The molecule has 1 unspecified atom stereocenters. The Kier molecular flexibility index (Phi) is 3.35. The molecule has 0 aliphatic carbocycles. The van der Waals surface area contributed by atoms with Crippen LogP contribution in [0, 0.1) is 0 Å². The number of nitrogens with zero attached hydrogens (tertiary/aromatic N) is 1. The van der Waals surface area contributed by atoms with Gasteiger partial charge in [0, 0.05) is 6.20 Å². The normalized spacial score (nSPS) is 12.1. The van der Waals surface area contributed by atoms with Crippen LogP contribution in [0.3, 0.4) is 0 Å². The first-order valence-corrected chi connectivity index (χ1v) is 4.24. The van der Waals surface area contributed by atoms with E-state index in [0.29, 0.717) is 5.56 Å². The van der Waals surface area contributed by atoms with E-state index in [1.165, 1.54) is 12.3 Å². The Labute approximate surface area is 85.9 Å². The van der Waals surface area contributed by atoms with Crippen molar-refractivity contribution in [1.82, 2.24) is 4.98 Å². The van der Waals surface area contributed by atoms with Gasteiger partial charge >= 0.3 is 5.97 Å². The zero-order chi connectivity index (χ0) is 11.4. The molecular formula is C9H11N3O3. The van der Waals surface area contributed by atoms with Crippen molar-refractivity contribution in [2.75, 3.05) is 0 Å². The molecule has 6 nitrogen and oxygen atoms in total. The van der Waals surface area contributed by atoms with Crippen LogP contribution >= 0.6 is 0 Å². The van der Waals surface area contributed by atoms with Crippen LogP contribution < -0.4 is 11.5 Å². The van der Waals surface area contributed by atoms with Gasteiger partial charge in [-0.1, -0.05) is 6.07 Å². The molecule has 0 aliphatic heterocycles. The van der Waals surface area contributed by atoms with E-state index in [0.717, 1.165) is 0 Å². The second kappa shape index (κ2) is 4.52. The minimum absolute atomic E-state index is 0.141. The number of aromatic nitrogens is 1. The molecule has 0 saturated carbocycles. The monoisotopic (exact) mass is 209 g/mol. The van der Waals surface area contributed by atoms with E-state index in [1.54, 1.807) is 6.07 Å². The number of carboxylic acid groups (broad SMARTS) is 1. The lowest BCUT2D eigenvalue weighted by Crippen LogP contribution is -2.32. The summed E-state index contributed by atoms with van der Waals surface area (Å²) < 4.78 is 0. The van der Waals surface area contributed by atoms with Gasteiger partial charge in [0.05, 0.1) is 0 Å². The van der Waals surface area contributed by atoms with Crippen LogP contribution in [0.4, 0.5) is 0 Å². The molecule has 1 amide bonds. The van der Waals surface area contributed by atoms with E-state index >= 15 is 0 Å². The van der Waals surface area contributed by atoms with Crippen molar-refractivity contribution in [1.29, 1.82) is 0 Å². The highest BCUT2D eigenvalue weighted by molar-refractivity contribution is 5.90. The molecule has 6 heteroatoms. The van der Waals surface area contributed by atoms with Crippen molar-refractivity contribution in [3.63, 3.8) is 0 Å². The molecule has 15 heavy (non-hydrogen) atoms. The topological polar surface area (TPSA) is 119 Å². The predicted molar refractivity (Wildman–Crippen MR) is 52.1 cm³/mol. The van der Waals surface area contributed by atoms with Gasteiger partial charge in [-0.05, 0) is 18.1 Å². The Morgan fingerprint density at radius 3 is 2.53 bits per heavy atom. The minimum atomic E-state index is -1.08. The molecule has 0 aromatic carbocycles. The summed E-state index contributed by atoms with van der Waals surface area (Å²) in [5, 5.41) is 8.57. The largest absolute Gasteiger partial charge is 0.480 e. The Morgan fingerprint density at radius 1 is 1.47 bits per heavy atom. The molecule has 80 valence electrons. The fourth-order valence-electron chi connectivity index (χ4n) is 1.03. The highest BCUT2D eigenvalue weighted by Crippen LogP contribution is 2.02. The van der Waals surface area contributed by atoms with E-state index in [9.17, 15) is 9.59 Å². The summed E-state index contributed by atoms with van der Waals surface area (Å²) in [6.45, 7) is 0. The molecule has 0 radical (unpaired) electrons. The van der Waals surface area contributed by atoms with Crippen molar-refractivity contribution in [2.45, 2.75) is 12.5 Å². The van der Waals surface area contributed by atoms with E-state index in [2.05, 4.69) is 4.98 Å². The third-order valence-corrected chi connectivity index (χ3v) is 1.85. The van der Waals surface area contributed by atoms with Gasteiger partial charge in [-0.3, -0.25) is 14.6 Å². The van der Waals surface area contributed by atoms with Crippen molar-refractivity contribution >= 4 is 11.9 Å². The Bertz CT molecular complexity index is 375. The molecular weight excluding hydrogens is 198 g/mol. The summed E-state index contributed by atoms with van der Waals surface area (Å²) in [6, 6.07) is 2.05. The third kappa shape index (κ3) is 3.03. The first-order chi connectivity index (χ1) is 7.00. The van der Waals surface area contributed by atoms with Gasteiger partial charge in [0.15, 0.2) is 0 Å². The summed E-state index contributed by atoms with van der Waals surface area (Å²) in [5.74, 6) is -1.70. The average molecular weight is 209 g/mol. The lowest BCUT2D eigenvalue weighted by Gasteiger charge is -2.05. The zero-order valence-corrected chi connectivity index (χ0v) is 7.88. The number of nitrogens with two attached hydrogens (primary N) is 2. The highest BCUT2D eigenvalue weighted by atomic mass is 16.4. The summed E-state index contributed by atoms with van der Waals surface area (Å²) in [5.41, 5.74) is 11.1. The van der Waals surface area contributed by atoms with E-state index in [-0.39, 0.29) is 12.1 Å². The SMILES string of the molecule is NC(=O)c1ccc(CC(N)C(=O)O)cn1. The summed E-state index contributed by atoms with van der Waals surface area (Å²) in [7, 11) is 0. The molecule has 0 aliphatic rings. The summed E-state index contributed by atoms with van der Waals surface area (Å²) in [6.07, 6.45) is 1.56. The number of hydrogen-bond donors (Lipinski definition) is 3. The zero-order valence-electron chi connectivity index (χ0n) is 7.88. The molecule has 1 atom stereocenters. The highest BCUT2D eigenvalue weighted by Gasteiger charge is 2.12. The number of carbonyl (C=O) groups is 2. The van der Waals surface area contributed by atoms with Crippen molar-refractivity contribution in [2.24, 2.45) is 11.5 Å². The van der Waals surface area contributed by atoms with Crippen molar-refractivity contribution in [3.8, 4) is 0 Å². The summed E-state index contributed by atoms with van der Waals surface area (Å²) in [4.78, 5) is 24.9. The average Bonchev–Trinajstić information content (AvgIpc) is 2.18. The third-order valence-electron chi connectivity index (χ3n) is 1.85.